The lowest BCUT2D eigenvalue weighted by Crippen LogP contribution is -2.32. The zero-order chi connectivity index (χ0) is 16.0. The lowest BCUT2D eigenvalue weighted by Gasteiger charge is -2.30. The first-order valence-corrected chi connectivity index (χ1v) is 7.78. The third kappa shape index (κ3) is 4.07. The second-order valence-electron chi connectivity index (χ2n) is 4.60. The van der Waals surface area contributed by atoms with E-state index in [2.05, 4.69) is 24.1 Å². The lowest BCUT2D eigenvalue weighted by molar-refractivity contribution is -0.385. The van der Waals surface area contributed by atoms with Gasteiger partial charge in [-0.25, -0.2) is 9.78 Å². The SMILES string of the molecule is CCC(CC)(CNc1ncc([N+](=O)[O-])cc1C(=O)O)SC. The fraction of sp³-hybridized carbons (Fsp3) is 0.538. The number of aromatic nitrogens is 1. The van der Waals surface area contributed by atoms with E-state index in [1.165, 1.54) is 0 Å². The zero-order valence-electron chi connectivity index (χ0n) is 12.3. The number of nitro groups is 1. The van der Waals surface area contributed by atoms with Gasteiger partial charge in [-0.15, -0.1) is 0 Å². The molecule has 0 fully saturated rings. The number of rotatable bonds is 8. The van der Waals surface area contributed by atoms with Crippen molar-refractivity contribution >= 4 is 29.2 Å². The maximum absolute atomic E-state index is 11.2. The molecule has 1 rings (SSSR count). The molecule has 1 heterocycles. The molecule has 0 atom stereocenters. The molecule has 2 N–H and O–H groups in total. The highest BCUT2D eigenvalue weighted by atomic mass is 32.2. The number of hydrogen-bond acceptors (Lipinski definition) is 6. The second-order valence-corrected chi connectivity index (χ2v) is 5.87. The molecule has 0 unspecified atom stereocenters. The predicted octanol–water partition coefficient (Wildman–Crippen LogP) is 3.02. The van der Waals surface area contributed by atoms with E-state index in [4.69, 9.17) is 5.11 Å². The van der Waals surface area contributed by atoms with Gasteiger partial charge in [0.15, 0.2) is 0 Å². The van der Waals surface area contributed by atoms with Gasteiger partial charge in [0.1, 0.15) is 17.6 Å². The van der Waals surface area contributed by atoms with E-state index in [1.54, 1.807) is 11.8 Å². The van der Waals surface area contributed by atoms with Gasteiger partial charge in [0.05, 0.1) is 4.92 Å². The maximum atomic E-state index is 11.2. The van der Waals surface area contributed by atoms with E-state index >= 15 is 0 Å². The zero-order valence-corrected chi connectivity index (χ0v) is 13.1. The Kier molecular flexibility index (Phi) is 5.95. The van der Waals surface area contributed by atoms with E-state index in [1.807, 2.05) is 6.26 Å². The summed E-state index contributed by atoms with van der Waals surface area (Å²) in [6, 6.07) is 1.02. The Morgan fingerprint density at radius 1 is 1.52 bits per heavy atom. The number of nitrogens with one attached hydrogen (secondary N) is 1. The van der Waals surface area contributed by atoms with Gasteiger partial charge >= 0.3 is 5.97 Å². The number of nitrogens with zero attached hydrogens (tertiary/aromatic N) is 2. The van der Waals surface area contributed by atoms with Crippen molar-refractivity contribution in [3.63, 3.8) is 0 Å². The lowest BCUT2D eigenvalue weighted by atomic mass is 10.0. The van der Waals surface area contributed by atoms with Crippen LogP contribution in [-0.4, -0.2) is 38.5 Å². The van der Waals surface area contributed by atoms with Crippen molar-refractivity contribution in [3.05, 3.63) is 27.9 Å². The van der Waals surface area contributed by atoms with Gasteiger partial charge in [-0.1, -0.05) is 13.8 Å². The molecule has 0 aliphatic heterocycles. The van der Waals surface area contributed by atoms with Crippen LogP contribution in [0.2, 0.25) is 0 Å². The Labute approximate surface area is 127 Å². The van der Waals surface area contributed by atoms with Crippen LogP contribution in [0.3, 0.4) is 0 Å². The summed E-state index contributed by atoms with van der Waals surface area (Å²) in [6.45, 7) is 4.69. The molecule has 0 saturated heterocycles. The monoisotopic (exact) mass is 313 g/mol. The molecule has 8 heteroatoms. The minimum atomic E-state index is -1.24. The Hall–Kier alpha value is -1.83. The number of carboxylic acids is 1. The third-order valence-electron chi connectivity index (χ3n) is 3.61. The molecule has 1 aromatic rings. The standard InChI is InChI=1S/C13H19N3O4S/c1-4-13(5-2,21-3)8-15-11-10(12(17)18)6-9(7-14-11)16(19)20/h6-7H,4-5,8H2,1-3H3,(H,14,15)(H,17,18). The van der Waals surface area contributed by atoms with Crippen molar-refractivity contribution in [1.82, 2.24) is 4.98 Å². The highest BCUT2D eigenvalue weighted by Crippen LogP contribution is 2.31. The van der Waals surface area contributed by atoms with Gasteiger partial charge in [0, 0.05) is 17.4 Å². The van der Waals surface area contributed by atoms with Crippen LogP contribution in [-0.2, 0) is 0 Å². The van der Waals surface area contributed by atoms with E-state index < -0.39 is 10.9 Å². The number of pyridine rings is 1. The molecule has 1 aromatic heterocycles. The van der Waals surface area contributed by atoms with Crippen molar-refractivity contribution in [1.29, 1.82) is 0 Å². The Bertz CT molecular complexity index is 524. The van der Waals surface area contributed by atoms with Gasteiger partial charge in [-0.05, 0) is 19.1 Å². The molecular weight excluding hydrogens is 294 g/mol. The van der Waals surface area contributed by atoms with Crippen LogP contribution < -0.4 is 5.32 Å². The van der Waals surface area contributed by atoms with E-state index in [0.29, 0.717) is 6.54 Å². The van der Waals surface area contributed by atoms with Crippen LogP contribution in [0.5, 0.6) is 0 Å². The summed E-state index contributed by atoms with van der Waals surface area (Å²) in [5.41, 5.74) is -0.522. The topological polar surface area (TPSA) is 105 Å². The van der Waals surface area contributed by atoms with Crippen LogP contribution in [0.25, 0.3) is 0 Å². The number of aromatic carboxylic acids is 1. The number of anilines is 1. The van der Waals surface area contributed by atoms with E-state index in [9.17, 15) is 14.9 Å². The van der Waals surface area contributed by atoms with Crippen LogP contribution in [0.1, 0.15) is 37.0 Å². The maximum Gasteiger partial charge on any atom is 0.339 e. The van der Waals surface area contributed by atoms with Crippen molar-refractivity contribution < 1.29 is 14.8 Å². The molecule has 0 aromatic carbocycles. The van der Waals surface area contributed by atoms with Gasteiger partial charge in [0.25, 0.3) is 5.69 Å². The fourth-order valence-electron chi connectivity index (χ4n) is 1.96. The number of carboxylic acid groups (broad SMARTS) is 1. The van der Waals surface area contributed by atoms with Crippen molar-refractivity contribution in [2.24, 2.45) is 0 Å². The predicted molar refractivity (Wildman–Crippen MR) is 83.2 cm³/mol. The number of thioether (sulfide) groups is 1. The first kappa shape index (κ1) is 17.2. The summed E-state index contributed by atoms with van der Waals surface area (Å²) in [7, 11) is 0. The fourth-order valence-corrected chi connectivity index (χ4v) is 2.76. The summed E-state index contributed by atoms with van der Waals surface area (Å²) >= 11 is 1.71. The third-order valence-corrected chi connectivity index (χ3v) is 5.20. The summed E-state index contributed by atoms with van der Waals surface area (Å²) < 4.78 is -0.0147. The molecule has 0 spiro atoms. The molecule has 0 aliphatic rings. The van der Waals surface area contributed by atoms with E-state index in [-0.39, 0.29) is 21.8 Å². The van der Waals surface area contributed by atoms with Crippen LogP contribution in [0.15, 0.2) is 12.3 Å². The quantitative estimate of drug-likeness (QED) is 0.561. The molecule has 0 aliphatic carbocycles. The average Bonchev–Trinajstić information content (AvgIpc) is 2.49. The average molecular weight is 313 g/mol. The summed E-state index contributed by atoms with van der Waals surface area (Å²) in [5.74, 6) is -1.08. The molecule has 7 nitrogen and oxygen atoms in total. The van der Waals surface area contributed by atoms with Crippen molar-refractivity contribution in [2.75, 3.05) is 18.1 Å². The summed E-state index contributed by atoms with van der Waals surface area (Å²) in [4.78, 5) is 25.1. The van der Waals surface area contributed by atoms with Crippen LogP contribution in [0.4, 0.5) is 11.5 Å². The van der Waals surface area contributed by atoms with Crippen LogP contribution in [0, 0.1) is 10.1 Å². The Morgan fingerprint density at radius 2 is 2.14 bits per heavy atom. The molecule has 116 valence electrons. The van der Waals surface area contributed by atoms with Gasteiger partial charge in [0.2, 0.25) is 0 Å². The molecule has 0 bridgehead atoms. The molecule has 21 heavy (non-hydrogen) atoms. The highest BCUT2D eigenvalue weighted by Gasteiger charge is 2.26. The number of carbonyl (C=O) groups is 1. The minimum Gasteiger partial charge on any atom is -0.478 e. The molecule has 0 saturated carbocycles. The second kappa shape index (κ2) is 7.26. The normalized spacial score (nSPS) is 11.2. The van der Waals surface area contributed by atoms with Gasteiger partial charge in [-0.3, -0.25) is 10.1 Å². The molecular formula is C13H19N3O4S. The Balaban J connectivity index is 3.03. The van der Waals surface area contributed by atoms with Crippen LogP contribution >= 0.6 is 11.8 Å². The summed E-state index contributed by atoms with van der Waals surface area (Å²) in [5, 5.41) is 22.9. The smallest absolute Gasteiger partial charge is 0.339 e. The first-order chi connectivity index (χ1) is 9.89. The van der Waals surface area contributed by atoms with Crippen molar-refractivity contribution in [3.8, 4) is 0 Å². The largest absolute Gasteiger partial charge is 0.478 e. The highest BCUT2D eigenvalue weighted by molar-refractivity contribution is 8.00. The molecule has 0 radical (unpaired) electrons. The molecule has 0 amide bonds. The van der Waals surface area contributed by atoms with Crippen molar-refractivity contribution in [2.45, 2.75) is 31.4 Å². The van der Waals surface area contributed by atoms with Gasteiger partial charge in [-0.2, -0.15) is 11.8 Å². The summed E-state index contributed by atoms with van der Waals surface area (Å²) in [6.07, 6.45) is 4.92. The van der Waals surface area contributed by atoms with Gasteiger partial charge < -0.3 is 10.4 Å². The first-order valence-electron chi connectivity index (χ1n) is 6.56. The Morgan fingerprint density at radius 3 is 2.57 bits per heavy atom. The number of hydrogen-bond donors (Lipinski definition) is 2. The van der Waals surface area contributed by atoms with E-state index in [0.717, 1.165) is 25.1 Å². The minimum absolute atomic E-state index is 0.0147.